The molecule has 0 bridgehead atoms. The van der Waals surface area contributed by atoms with E-state index in [0.29, 0.717) is 18.0 Å². The van der Waals surface area contributed by atoms with Gasteiger partial charge in [-0.15, -0.1) is 10.2 Å². The highest BCUT2D eigenvalue weighted by Crippen LogP contribution is 2.36. The van der Waals surface area contributed by atoms with Crippen LogP contribution in [-0.2, 0) is 17.7 Å². The van der Waals surface area contributed by atoms with Crippen molar-refractivity contribution in [3.05, 3.63) is 62.5 Å². The Morgan fingerprint density at radius 3 is 2.76 bits per heavy atom. The minimum absolute atomic E-state index is 0.0527. The van der Waals surface area contributed by atoms with Gasteiger partial charge in [-0.25, -0.2) is 8.78 Å². The molecule has 3 aromatic rings. The standard InChI is InChI=1S/C22H20F2N4O5S/c23-13-2-1-12(15(24)8-13)7-16-25-26-20(34-16)14-9-27-10-22(3-6-33-11-22)28(4-5-29)21(32)17(27)19(31)18(14)30/h1-2,8-9,29,31H,3-7,10-11H2. The van der Waals surface area contributed by atoms with Gasteiger partial charge in [0.2, 0.25) is 5.43 Å². The first kappa shape index (κ1) is 22.6. The van der Waals surface area contributed by atoms with Gasteiger partial charge in [-0.05, 0) is 18.1 Å². The third-order valence-corrected chi connectivity index (χ3v) is 7.16. The average molecular weight is 490 g/mol. The summed E-state index contributed by atoms with van der Waals surface area (Å²) in [5.41, 5.74) is -1.34. The second kappa shape index (κ2) is 8.53. The highest BCUT2D eigenvalue weighted by Gasteiger charge is 2.48. The van der Waals surface area contributed by atoms with Crippen LogP contribution in [0.4, 0.5) is 8.78 Å². The van der Waals surface area contributed by atoms with E-state index in [9.17, 15) is 28.6 Å². The molecule has 12 heteroatoms. The number of aromatic hydroxyl groups is 1. The van der Waals surface area contributed by atoms with Gasteiger partial charge in [0, 0.05) is 38.4 Å². The average Bonchev–Trinajstić information content (AvgIpc) is 3.46. The van der Waals surface area contributed by atoms with Gasteiger partial charge >= 0.3 is 0 Å². The molecule has 0 aliphatic carbocycles. The molecular weight excluding hydrogens is 470 g/mol. The van der Waals surface area contributed by atoms with E-state index in [4.69, 9.17) is 4.74 Å². The van der Waals surface area contributed by atoms with Crippen molar-refractivity contribution in [3.8, 4) is 16.3 Å². The van der Waals surface area contributed by atoms with Crippen molar-refractivity contribution in [1.82, 2.24) is 19.7 Å². The van der Waals surface area contributed by atoms with Crippen LogP contribution in [0.3, 0.4) is 0 Å². The summed E-state index contributed by atoms with van der Waals surface area (Å²) < 4.78 is 34.2. The van der Waals surface area contributed by atoms with Gasteiger partial charge in [-0.2, -0.15) is 0 Å². The van der Waals surface area contributed by atoms with E-state index in [1.54, 1.807) is 0 Å². The van der Waals surface area contributed by atoms with Gasteiger partial charge in [0.15, 0.2) is 16.5 Å². The zero-order valence-corrected chi connectivity index (χ0v) is 18.6. The number of fused-ring (bicyclic) bond motifs is 1. The Hall–Kier alpha value is -3.22. The lowest BCUT2D eigenvalue weighted by Crippen LogP contribution is -2.60. The summed E-state index contributed by atoms with van der Waals surface area (Å²) >= 11 is 1.04. The normalized spacial score (nSPS) is 19.7. The predicted molar refractivity (Wildman–Crippen MR) is 117 cm³/mol. The molecule has 1 amide bonds. The second-order valence-corrected chi connectivity index (χ2v) is 9.38. The lowest BCUT2D eigenvalue weighted by atomic mass is 9.92. The summed E-state index contributed by atoms with van der Waals surface area (Å²) in [6, 6.07) is 3.25. The Kier molecular flexibility index (Phi) is 5.66. The zero-order valence-electron chi connectivity index (χ0n) is 17.8. The van der Waals surface area contributed by atoms with Crippen molar-refractivity contribution >= 4 is 17.2 Å². The van der Waals surface area contributed by atoms with E-state index >= 15 is 0 Å². The van der Waals surface area contributed by atoms with Gasteiger partial charge < -0.3 is 24.4 Å². The number of hydrogen-bond donors (Lipinski definition) is 2. The number of aromatic nitrogens is 3. The van der Waals surface area contributed by atoms with E-state index in [2.05, 4.69) is 10.2 Å². The summed E-state index contributed by atoms with van der Waals surface area (Å²) in [5.74, 6) is -2.66. The van der Waals surface area contributed by atoms with Gasteiger partial charge in [0.1, 0.15) is 16.6 Å². The first-order valence-corrected chi connectivity index (χ1v) is 11.4. The quantitative estimate of drug-likeness (QED) is 0.557. The Morgan fingerprint density at radius 1 is 1.24 bits per heavy atom. The number of halogens is 2. The Bertz CT molecular complexity index is 1340. The number of amides is 1. The van der Waals surface area contributed by atoms with Crippen molar-refractivity contribution in [3.63, 3.8) is 0 Å². The molecule has 1 unspecified atom stereocenters. The molecule has 0 radical (unpaired) electrons. The Balaban J connectivity index is 1.52. The summed E-state index contributed by atoms with van der Waals surface area (Å²) in [6.45, 7) is 0.771. The molecule has 1 spiro atoms. The van der Waals surface area contributed by atoms with Crippen LogP contribution in [0.25, 0.3) is 10.6 Å². The van der Waals surface area contributed by atoms with Crippen LogP contribution < -0.4 is 5.43 Å². The third kappa shape index (κ3) is 3.67. The van der Waals surface area contributed by atoms with Crippen LogP contribution in [0, 0.1) is 11.6 Å². The number of carbonyl (C=O) groups is 1. The number of benzene rings is 1. The van der Waals surface area contributed by atoms with E-state index < -0.39 is 34.3 Å². The molecule has 1 aromatic carbocycles. The maximum atomic E-state index is 14.0. The SMILES string of the molecule is O=C1c2c(O)c(=O)c(-c3nnc(Cc4ccc(F)cc4F)s3)cn2CC2(CCOC2)N1CCO. The van der Waals surface area contributed by atoms with Crippen molar-refractivity contribution < 1.29 is 28.5 Å². The van der Waals surface area contributed by atoms with Gasteiger partial charge in [0.25, 0.3) is 5.91 Å². The summed E-state index contributed by atoms with van der Waals surface area (Å²) in [5, 5.41) is 28.8. The summed E-state index contributed by atoms with van der Waals surface area (Å²) in [7, 11) is 0. The predicted octanol–water partition coefficient (Wildman–Crippen LogP) is 1.55. The third-order valence-electron chi connectivity index (χ3n) is 6.20. The van der Waals surface area contributed by atoms with Crippen molar-refractivity contribution in [2.24, 2.45) is 0 Å². The molecule has 2 aliphatic heterocycles. The molecule has 1 fully saturated rings. The second-order valence-electron chi connectivity index (χ2n) is 8.32. The molecule has 0 saturated carbocycles. The van der Waals surface area contributed by atoms with Crippen LogP contribution in [0.1, 0.15) is 27.5 Å². The first-order chi connectivity index (χ1) is 16.3. The minimum atomic E-state index is -0.780. The molecular formula is C22H20F2N4O5S. The number of rotatable bonds is 5. The van der Waals surface area contributed by atoms with E-state index in [1.807, 2.05) is 0 Å². The van der Waals surface area contributed by atoms with Crippen molar-refractivity contribution in [2.75, 3.05) is 26.4 Å². The van der Waals surface area contributed by atoms with Gasteiger partial charge in [-0.3, -0.25) is 9.59 Å². The number of aliphatic hydroxyl groups is 1. The monoisotopic (exact) mass is 490 g/mol. The first-order valence-electron chi connectivity index (χ1n) is 10.6. The Labute approximate surface area is 195 Å². The Morgan fingerprint density at radius 2 is 2.06 bits per heavy atom. The number of ether oxygens (including phenoxy) is 1. The minimum Gasteiger partial charge on any atom is -0.503 e. The smallest absolute Gasteiger partial charge is 0.275 e. The van der Waals surface area contributed by atoms with E-state index in [1.165, 1.54) is 21.7 Å². The van der Waals surface area contributed by atoms with Crippen molar-refractivity contribution in [2.45, 2.75) is 24.9 Å². The summed E-state index contributed by atoms with van der Waals surface area (Å²) in [4.78, 5) is 27.6. The molecule has 178 valence electrons. The van der Waals surface area contributed by atoms with Crippen molar-refractivity contribution in [1.29, 1.82) is 0 Å². The fraction of sp³-hybridized carbons (Fsp3) is 0.364. The molecule has 2 aromatic heterocycles. The molecule has 5 rings (SSSR count). The maximum Gasteiger partial charge on any atom is 0.275 e. The van der Waals surface area contributed by atoms with Crippen LogP contribution >= 0.6 is 11.3 Å². The molecule has 4 heterocycles. The highest BCUT2D eigenvalue weighted by molar-refractivity contribution is 7.14. The lowest BCUT2D eigenvalue weighted by molar-refractivity contribution is 0.0175. The van der Waals surface area contributed by atoms with Gasteiger partial charge in [0.05, 0.1) is 24.3 Å². The molecule has 1 saturated heterocycles. The molecule has 9 nitrogen and oxygen atoms in total. The number of nitrogens with zero attached hydrogens (tertiary/aromatic N) is 4. The topological polar surface area (TPSA) is 118 Å². The highest BCUT2D eigenvalue weighted by atomic mass is 32.1. The van der Waals surface area contributed by atoms with Crippen LogP contribution in [0.2, 0.25) is 0 Å². The number of carbonyl (C=O) groups excluding carboxylic acids is 1. The van der Waals surface area contributed by atoms with Gasteiger partial charge in [-0.1, -0.05) is 17.4 Å². The zero-order chi connectivity index (χ0) is 24.0. The fourth-order valence-electron chi connectivity index (χ4n) is 4.53. The number of β-amino-alcohol motifs (C(OH)–C–C–N with tert-alkyl or cyclic N) is 1. The molecule has 34 heavy (non-hydrogen) atoms. The lowest BCUT2D eigenvalue weighted by Gasteiger charge is -2.44. The molecule has 2 aliphatic rings. The van der Waals surface area contributed by atoms with Crippen LogP contribution in [0.5, 0.6) is 5.75 Å². The largest absolute Gasteiger partial charge is 0.503 e. The van der Waals surface area contributed by atoms with Crippen LogP contribution in [-0.4, -0.2) is 67.7 Å². The summed E-state index contributed by atoms with van der Waals surface area (Å²) in [6.07, 6.45) is 2.07. The molecule has 1 atom stereocenters. The van der Waals surface area contributed by atoms with E-state index in [-0.39, 0.29) is 54.6 Å². The fourth-order valence-corrected chi connectivity index (χ4v) is 5.40. The van der Waals surface area contributed by atoms with Crippen LogP contribution in [0.15, 0.2) is 29.2 Å². The number of hydrogen-bond acceptors (Lipinski definition) is 8. The maximum absolute atomic E-state index is 14.0. The number of pyridine rings is 1. The molecule has 2 N–H and O–H groups in total. The number of aliphatic hydroxyl groups excluding tert-OH is 1. The van der Waals surface area contributed by atoms with E-state index in [0.717, 1.165) is 23.5 Å².